The number of aromatic hydroxyl groups is 1. The van der Waals surface area contributed by atoms with Crippen LogP contribution >= 0.6 is 0 Å². The van der Waals surface area contributed by atoms with Gasteiger partial charge in [0.2, 0.25) is 6.79 Å². The molecule has 2 aromatic carbocycles. The highest BCUT2D eigenvalue weighted by Gasteiger charge is 2.35. The van der Waals surface area contributed by atoms with E-state index in [1.54, 1.807) is 30.0 Å². The summed E-state index contributed by atoms with van der Waals surface area (Å²) in [7, 11) is 0. The SMILES string of the molecule is CCOC(=O)N1CCc2cc3c(cc2C1c1cccc(O)c1)OCO3. The lowest BCUT2D eigenvalue weighted by Gasteiger charge is -2.37. The topological polar surface area (TPSA) is 68.2 Å². The van der Waals surface area contributed by atoms with Gasteiger partial charge in [0.25, 0.3) is 0 Å². The van der Waals surface area contributed by atoms with Crippen LogP contribution in [0.3, 0.4) is 0 Å². The second kappa shape index (κ2) is 6.20. The molecular formula is C19H19NO5. The largest absolute Gasteiger partial charge is 0.508 e. The third kappa shape index (κ3) is 2.73. The monoisotopic (exact) mass is 341 g/mol. The normalized spacial score (nSPS) is 18.0. The average molecular weight is 341 g/mol. The molecular weight excluding hydrogens is 322 g/mol. The van der Waals surface area contributed by atoms with Crippen LogP contribution in [0.25, 0.3) is 0 Å². The van der Waals surface area contributed by atoms with E-state index in [2.05, 4.69) is 0 Å². The van der Waals surface area contributed by atoms with Gasteiger partial charge in [0.05, 0.1) is 12.6 Å². The van der Waals surface area contributed by atoms with Gasteiger partial charge in [-0.05, 0) is 54.3 Å². The summed E-state index contributed by atoms with van der Waals surface area (Å²) in [6, 6.07) is 10.5. The average Bonchev–Trinajstić information content (AvgIpc) is 3.06. The molecule has 0 aromatic heterocycles. The minimum absolute atomic E-state index is 0.161. The number of carbonyl (C=O) groups is 1. The van der Waals surface area contributed by atoms with E-state index >= 15 is 0 Å². The zero-order valence-corrected chi connectivity index (χ0v) is 13.9. The van der Waals surface area contributed by atoms with Gasteiger partial charge in [-0.15, -0.1) is 0 Å². The van der Waals surface area contributed by atoms with Crippen LogP contribution in [0, 0.1) is 0 Å². The quantitative estimate of drug-likeness (QED) is 0.908. The van der Waals surface area contributed by atoms with Crippen molar-refractivity contribution in [1.29, 1.82) is 0 Å². The van der Waals surface area contributed by atoms with Gasteiger partial charge in [0, 0.05) is 6.54 Å². The summed E-state index contributed by atoms with van der Waals surface area (Å²) in [6.45, 7) is 2.84. The molecule has 1 unspecified atom stereocenters. The van der Waals surface area contributed by atoms with E-state index in [1.807, 2.05) is 18.2 Å². The summed E-state index contributed by atoms with van der Waals surface area (Å²) in [4.78, 5) is 14.2. The molecule has 2 aromatic rings. The lowest BCUT2D eigenvalue weighted by atomic mass is 9.88. The van der Waals surface area contributed by atoms with Crippen LogP contribution < -0.4 is 9.47 Å². The number of carbonyl (C=O) groups excluding carboxylic acids is 1. The summed E-state index contributed by atoms with van der Waals surface area (Å²) in [5.41, 5.74) is 2.90. The maximum absolute atomic E-state index is 12.5. The number of amides is 1. The molecule has 0 saturated carbocycles. The Morgan fingerprint density at radius 3 is 2.84 bits per heavy atom. The van der Waals surface area contributed by atoms with E-state index in [1.165, 1.54) is 0 Å². The molecule has 1 amide bonds. The zero-order chi connectivity index (χ0) is 17.4. The number of hydrogen-bond acceptors (Lipinski definition) is 5. The molecule has 6 heteroatoms. The van der Waals surface area contributed by atoms with Crippen LogP contribution in [0.1, 0.15) is 29.7 Å². The van der Waals surface area contributed by atoms with Crippen molar-refractivity contribution >= 4 is 6.09 Å². The van der Waals surface area contributed by atoms with Crippen molar-refractivity contribution in [1.82, 2.24) is 4.90 Å². The molecule has 1 N–H and O–H groups in total. The maximum atomic E-state index is 12.5. The predicted molar refractivity (Wildman–Crippen MR) is 89.9 cm³/mol. The summed E-state index contributed by atoms with van der Waals surface area (Å²) in [5.74, 6) is 1.57. The van der Waals surface area contributed by atoms with Gasteiger partial charge in [-0.2, -0.15) is 0 Å². The number of phenolic OH excluding ortho intramolecular Hbond substituents is 1. The Morgan fingerprint density at radius 2 is 2.08 bits per heavy atom. The molecule has 6 nitrogen and oxygen atoms in total. The number of fused-ring (bicyclic) bond motifs is 2. The fourth-order valence-corrected chi connectivity index (χ4v) is 3.47. The van der Waals surface area contributed by atoms with Crippen LogP contribution in [-0.2, 0) is 11.2 Å². The molecule has 25 heavy (non-hydrogen) atoms. The molecule has 0 spiro atoms. The molecule has 2 aliphatic heterocycles. The summed E-state index contributed by atoms with van der Waals surface area (Å²) < 4.78 is 16.2. The van der Waals surface area contributed by atoms with Gasteiger partial charge in [0.15, 0.2) is 11.5 Å². The first-order valence-electron chi connectivity index (χ1n) is 8.32. The second-order valence-corrected chi connectivity index (χ2v) is 6.04. The highest BCUT2D eigenvalue weighted by atomic mass is 16.7. The minimum atomic E-state index is -0.362. The van der Waals surface area contributed by atoms with Gasteiger partial charge in [0.1, 0.15) is 5.75 Å². The maximum Gasteiger partial charge on any atom is 0.410 e. The Balaban J connectivity index is 1.83. The van der Waals surface area contributed by atoms with E-state index in [9.17, 15) is 9.90 Å². The Hall–Kier alpha value is -2.89. The lowest BCUT2D eigenvalue weighted by molar-refractivity contribution is 0.0936. The molecule has 4 rings (SSSR count). The van der Waals surface area contributed by atoms with E-state index in [4.69, 9.17) is 14.2 Å². The Morgan fingerprint density at radius 1 is 1.28 bits per heavy atom. The van der Waals surface area contributed by atoms with Crippen LogP contribution in [-0.4, -0.2) is 36.0 Å². The number of hydrogen-bond donors (Lipinski definition) is 1. The molecule has 0 radical (unpaired) electrons. The van der Waals surface area contributed by atoms with Crippen molar-refractivity contribution in [2.45, 2.75) is 19.4 Å². The summed E-state index contributed by atoms with van der Waals surface area (Å²) in [5, 5.41) is 9.90. The molecule has 0 saturated heterocycles. The highest BCUT2D eigenvalue weighted by molar-refractivity contribution is 5.70. The van der Waals surface area contributed by atoms with Gasteiger partial charge < -0.3 is 19.3 Å². The Labute approximate surface area is 145 Å². The Bertz CT molecular complexity index is 819. The fourth-order valence-electron chi connectivity index (χ4n) is 3.47. The summed E-state index contributed by atoms with van der Waals surface area (Å²) in [6.07, 6.45) is 0.347. The van der Waals surface area contributed by atoms with Crippen molar-refractivity contribution in [2.75, 3.05) is 19.9 Å². The van der Waals surface area contributed by atoms with Crippen molar-refractivity contribution in [3.05, 3.63) is 53.1 Å². The van der Waals surface area contributed by atoms with Crippen molar-refractivity contribution < 1.29 is 24.1 Å². The predicted octanol–water partition coefficient (Wildman–Crippen LogP) is 3.22. The third-order valence-electron chi connectivity index (χ3n) is 4.55. The molecule has 2 aliphatic rings. The van der Waals surface area contributed by atoms with Crippen molar-refractivity contribution in [2.24, 2.45) is 0 Å². The van der Waals surface area contributed by atoms with Gasteiger partial charge >= 0.3 is 6.09 Å². The molecule has 2 heterocycles. The number of phenols is 1. The fraction of sp³-hybridized carbons (Fsp3) is 0.316. The zero-order valence-electron chi connectivity index (χ0n) is 13.9. The minimum Gasteiger partial charge on any atom is -0.508 e. The molecule has 0 fully saturated rings. The van der Waals surface area contributed by atoms with E-state index in [-0.39, 0.29) is 24.7 Å². The standard InChI is InChI=1S/C19H19NO5/c1-2-23-19(22)20-7-6-12-9-16-17(25-11-24-16)10-15(12)18(20)13-4-3-5-14(21)8-13/h3-5,8-10,18,21H,2,6-7,11H2,1H3. The van der Waals surface area contributed by atoms with Gasteiger partial charge in [-0.1, -0.05) is 12.1 Å². The van der Waals surface area contributed by atoms with Gasteiger partial charge in [-0.3, -0.25) is 4.90 Å². The molecule has 0 bridgehead atoms. The van der Waals surface area contributed by atoms with Gasteiger partial charge in [-0.25, -0.2) is 4.79 Å². The van der Waals surface area contributed by atoms with Crippen LogP contribution in [0.15, 0.2) is 36.4 Å². The second-order valence-electron chi connectivity index (χ2n) is 6.04. The first-order chi connectivity index (χ1) is 12.2. The number of ether oxygens (including phenoxy) is 3. The van der Waals surface area contributed by atoms with Crippen molar-refractivity contribution in [3.63, 3.8) is 0 Å². The lowest BCUT2D eigenvalue weighted by Crippen LogP contribution is -2.40. The molecule has 0 aliphatic carbocycles. The van der Waals surface area contributed by atoms with Crippen LogP contribution in [0.5, 0.6) is 17.2 Å². The first kappa shape index (κ1) is 15.6. The van der Waals surface area contributed by atoms with E-state index < -0.39 is 0 Å². The third-order valence-corrected chi connectivity index (χ3v) is 4.55. The first-order valence-corrected chi connectivity index (χ1v) is 8.32. The smallest absolute Gasteiger partial charge is 0.410 e. The number of nitrogens with zero attached hydrogens (tertiary/aromatic N) is 1. The number of benzene rings is 2. The van der Waals surface area contributed by atoms with E-state index in [0.717, 1.165) is 22.4 Å². The molecule has 130 valence electrons. The number of rotatable bonds is 2. The highest BCUT2D eigenvalue weighted by Crippen LogP contribution is 2.43. The van der Waals surface area contributed by atoms with E-state index in [0.29, 0.717) is 25.3 Å². The van der Waals surface area contributed by atoms with Crippen LogP contribution in [0.4, 0.5) is 4.79 Å². The molecule has 1 atom stereocenters. The van der Waals surface area contributed by atoms with Crippen molar-refractivity contribution in [3.8, 4) is 17.2 Å². The van der Waals surface area contributed by atoms with Crippen LogP contribution in [0.2, 0.25) is 0 Å². The summed E-state index contributed by atoms with van der Waals surface area (Å²) >= 11 is 0. The Kier molecular flexibility index (Phi) is 3.87.